The third kappa shape index (κ3) is 2.35. The molecule has 0 aliphatic carbocycles. The van der Waals surface area contributed by atoms with Crippen LogP contribution in [0.25, 0.3) is 0 Å². The summed E-state index contributed by atoms with van der Waals surface area (Å²) in [5.41, 5.74) is 0.848. The van der Waals surface area contributed by atoms with E-state index in [1.807, 2.05) is 23.6 Å². The molecule has 0 bridgehead atoms. The maximum absolute atomic E-state index is 8.84. The van der Waals surface area contributed by atoms with Crippen molar-refractivity contribution in [3.8, 4) is 0 Å². The largest absolute Gasteiger partial charge is 0.392 e. The Hall–Kier alpha value is -0.840. The van der Waals surface area contributed by atoms with Crippen LogP contribution in [0.4, 0.5) is 0 Å². The zero-order valence-electron chi connectivity index (χ0n) is 7.38. The first kappa shape index (κ1) is 9.71. The summed E-state index contributed by atoms with van der Waals surface area (Å²) >= 11 is 3.34. The maximum atomic E-state index is 8.84. The first-order chi connectivity index (χ1) is 6.88. The van der Waals surface area contributed by atoms with Crippen LogP contribution in [-0.4, -0.2) is 10.1 Å². The minimum atomic E-state index is 0.0525. The molecule has 0 aliphatic heterocycles. The van der Waals surface area contributed by atoms with Crippen LogP contribution in [0.1, 0.15) is 5.56 Å². The molecule has 0 aromatic carbocycles. The maximum Gasteiger partial charge on any atom is 0.101 e. The van der Waals surface area contributed by atoms with Crippen LogP contribution in [0.2, 0.25) is 0 Å². The molecule has 0 spiro atoms. The molecular formula is C10H9NOS2. The van der Waals surface area contributed by atoms with E-state index in [1.165, 1.54) is 4.21 Å². The van der Waals surface area contributed by atoms with Gasteiger partial charge in [-0.25, -0.2) is 4.98 Å². The summed E-state index contributed by atoms with van der Waals surface area (Å²) in [5, 5.41) is 11.8. The molecule has 0 radical (unpaired) electrons. The normalized spacial score (nSPS) is 10.4. The fraction of sp³-hybridized carbons (Fsp3) is 0.100. The summed E-state index contributed by atoms with van der Waals surface area (Å²) in [4.78, 5) is 4.23. The second-order valence-corrected chi connectivity index (χ2v) is 4.97. The number of aliphatic hydroxyl groups is 1. The Morgan fingerprint density at radius 1 is 1.36 bits per heavy atom. The van der Waals surface area contributed by atoms with Gasteiger partial charge in [-0.1, -0.05) is 23.9 Å². The molecule has 0 fully saturated rings. The predicted molar refractivity (Wildman–Crippen MR) is 58.6 cm³/mol. The number of thiophene rings is 1. The van der Waals surface area contributed by atoms with Crippen molar-refractivity contribution in [2.75, 3.05) is 0 Å². The van der Waals surface area contributed by atoms with Gasteiger partial charge < -0.3 is 5.11 Å². The van der Waals surface area contributed by atoms with Crippen LogP contribution in [0.15, 0.2) is 45.1 Å². The van der Waals surface area contributed by atoms with E-state index in [0.29, 0.717) is 0 Å². The van der Waals surface area contributed by atoms with Crippen LogP contribution < -0.4 is 0 Å². The van der Waals surface area contributed by atoms with Gasteiger partial charge in [-0.2, -0.15) is 0 Å². The molecular weight excluding hydrogens is 214 g/mol. The number of aromatic nitrogens is 1. The fourth-order valence-corrected chi connectivity index (χ4v) is 2.65. The number of nitrogens with zero attached hydrogens (tertiary/aromatic N) is 1. The van der Waals surface area contributed by atoms with E-state index in [4.69, 9.17) is 5.11 Å². The van der Waals surface area contributed by atoms with Crippen molar-refractivity contribution in [2.45, 2.75) is 15.8 Å². The SMILES string of the molecule is OCc1ccc(Sc2cccs2)nc1. The molecule has 14 heavy (non-hydrogen) atoms. The van der Waals surface area contributed by atoms with E-state index >= 15 is 0 Å². The van der Waals surface area contributed by atoms with Gasteiger partial charge in [-0.15, -0.1) is 11.3 Å². The Morgan fingerprint density at radius 2 is 2.29 bits per heavy atom. The second-order valence-electron chi connectivity index (χ2n) is 2.70. The average Bonchev–Trinajstić information content (AvgIpc) is 2.72. The molecule has 0 aliphatic rings. The highest BCUT2D eigenvalue weighted by molar-refractivity contribution is 8.01. The van der Waals surface area contributed by atoms with Crippen molar-refractivity contribution in [3.05, 3.63) is 41.4 Å². The molecule has 2 heterocycles. The molecule has 0 amide bonds. The lowest BCUT2D eigenvalue weighted by atomic mass is 10.3. The molecule has 4 heteroatoms. The lowest BCUT2D eigenvalue weighted by Gasteiger charge is -1.98. The van der Waals surface area contributed by atoms with E-state index in [9.17, 15) is 0 Å². The number of pyridine rings is 1. The van der Waals surface area contributed by atoms with Gasteiger partial charge in [0, 0.05) is 6.20 Å². The van der Waals surface area contributed by atoms with Crippen molar-refractivity contribution >= 4 is 23.1 Å². The Morgan fingerprint density at radius 3 is 2.86 bits per heavy atom. The van der Waals surface area contributed by atoms with Crippen molar-refractivity contribution < 1.29 is 5.11 Å². The summed E-state index contributed by atoms with van der Waals surface area (Å²) in [6, 6.07) is 7.91. The summed E-state index contributed by atoms with van der Waals surface area (Å²) in [7, 11) is 0. The quantitative estimate of drug-likeness (QED) is 0.868. The van der Waals surface area contributed by atoms with Gasteiger partial charge in [-0.3, -0.25) is 0 Å². The highest BCUT2D eigenvalue weighted by Gasteiger charge is 1.99. The third-order valence-corrected chi connectivity index (χ3v) is 3.67. The number of rotatable bonds is 3. The van der Waals surface area contributed by atoms with Crippen LogP contribution in [0.5, 0.6) is 0 Å². The molecule has 2 aromatic heterocycles. The van der Waals surface area contributed by atoms with Gasteiger partial charge in [0.2, 0.25) is 0 Å². The Balaban J connectivity index is 2.10. The van der Waals surface area contributed by atoms with E-state index in [-0.39, 0.29) is 6.61 Å². The van der Waals surface area contributed by atoms with Gasteiger partial charge in [0.15, 0.2) is 0 Å². The van der Waals surface area contributed by atoms with Gasteiger partial charge in [0.25, 0.3) is 0 Å². The first-order valence-corrected chi connectivity index (χ1v) is 5.85. The molecule has 2 aromatic rings. The van der Waals surface area contributed by atoms with E-state index in [2.05, 4.69) is 11.1 Å². The van der Waals surface area contributed by atoms with Crippen LogP contribution >= 0.6 is 23.1 Å². The van der Waals surface area contributed by atoms with E-state index in [1.54, 1.807) is 29.3 Å². The van der Waals surface area contributed by atoms with Crippen molar-refractivity contribution in [3.63, 3.8) is 0 Å². The molecule has 0 saturated carbocycles. The number of aliphatic hydroxyl groups excluding tert-OH is 1. The summed E-state index contributed by atoms with van der Waals surface area (Å²) in [6.45, 7) is 0.0525. The number of hydrogen-bond donors (Lipinski definition) is 1. The Bertz CT molecular complexity index is 383. The van der Waals surface area contributed by atoms with Crippen molar-refractivity contribution in [2.24, 2.45) is 0 Å². The average molecular weight is 223 g/mol. The van der Waals surface area contributed by atoms with Gasteiger partial charge >= 0.3 is 0 Å². The summed E-state index contributed by atoms with van der Waals surface area (Å²) in [6.07, 6.45) is 1.70. The lowest BCUT2D eigenvalue weighted by Crippen LogP contribution is -1.85. The van der Waals surface area contributed by atoms with Crippen LogP contribution in [0.3, 0.4) is 0 Å². The molecule has 2 rings (SSSR count). The zero-order chi connectivity index (χ0) is 9.80. The minimum Gasteiger partial charge on any atom is -0.392 e. The molecule has 0 saturated heterocycles. The lowest BCUT2D eigenvalue weighted by molar-refractivity contribution is 0.281. The highest BCUT2D eigenvalue weighted by atomic mass is 32.2. The zero-order valence-corrected chi connectivity index (χ0v) is 9.02. The third-order valence-electron chi connectivity index (χ3n) is 1.68. The van der Waals surface area contributed by atoms with Crippen molar-refractivity contribution in [1.29, 1.82) is 0 Å². The fourth-order valence-electron chi connectivity index (χ4n) is 0.989. The predicted octanol–water partition coefficient (Wildman–Crippen LogP) is 2.79. The standard InChI is InChI=1S/C10H9NOS2/c12-7-8-3-4-9(11-6-8)14-10-2-1-5-13-10/h1-6,12H,7H2. The molecule has 72 valence electrons. The van der Waals surface area contributed by atoms with Gasteiger partial charge in [0.05, 0.1) is 10.8 Å². The minimum absolute atomic E-state index is 0.0525. The number of hydrogen-bond acceptors (Lipinski definition) is 4. The molecule has 1 N–H and O–H groups in total. The van der Waals surface area contributed by atoms with Crippen LogP contribution in [0, 0.1) is 0 Å². The summed E-state index contributed by atoms with van der Waals surface area (Å²) < 4.78 is 1.23. The monoisotopic (exact) mass is 223 g/mol. The van der Waals surface area contributed by atoms with Crippen molar-refractivity contribution in [1.82, 2.24) is 4.98 Å². The van der Waals surface area contributed by atoms with Crippen LogP contribution in [-0.2, 0) is 6.61 Å². The topological polar surface area (TPSA) is 33.1 Å². The first-order valence-electron chi connectivity index (χ1n) is 4.15. The Labute approximate surface area is 90.6 Å². The van der Waals surface area contributed by atoms with Gasteiger partial charge in [-0.05, 0) is 23.1 Å². The molecule has 0 unspecified atom stereocenters. The molecule has 0 atom stereocenters. The highest BCUT2D eigenvalue weighted by Crippen LogP contribution is 2.29. The molecule has 2 nitrogen and oxygen atoms in total. The second kappa shape index (κ2) is 4.59. The summed E-state index contributed by atoms with van der Waals surface area (Å²) in [5.74, 6) is 0. The van der Waals surface area contributed by atoms with Gasteiger partial charge in [0.1, 0.15) is 5.03 Å². The van der Waals surface area contributed by atoms with E-state index in [0.717, 1.165) is 10.6 Å². The van der Waals surface area contributed by atoms with E-state index < -0.39 is 0 Å². The smallest absolute Gasteiger partial charge is 0.101 e. The Kier molecular flexibility index (Phi) is 3.18.